The smallest absolute Gasteiger partial charge is 0.147 e. The lowest BCUT2D eigenvalue weighted by atomic mass is 10.1. The van der Waals surface area contributed by atoms with Crippen LogP contribution < -0.4 is 10.5 Å². The topological polar surface area (TPSA) is 35.2 Å². The van der Waals surface area contributed by atoms with E-state index in [1.807, 2.05) is 13.0 Å². The van der Waals surface area contributed by atoms with Crippen molar-refractivity contribution in [3.63, 3.8) is 0 Å². The Bertz CT molecular complexity index is 382. The molecule has 0 aliphatic rings. The number of halogens is 2. The van der Waals surface area contributed by atoms with Gasteiger partial charge in [0, 0.05) is 6.04 Å². The van der Waals surface area contributed by atoms with Gasteiger partial charge in [-0.2, -0.15) is 0 Å². The molecule has 2 N–H and O–H groups in total. The molecule has 100 valence electrons. The summed E-state index contributed by atoms with van der Waals surface area (Å²) in [6.07, 6.45) is 4.70. The molecular formula is C14H19Br2NO. The maximum absolute atomic E-state index is 5.80. The number of benzene rings is 1. The zero-order chi connectivity index (χ0) is 13.5. The molecule has 1 unspecified atom stereocenters. The molecule has 0 amide bonds. The van der Waals surface area contributed by atoms with E-state index in [4.69, 9.17) is 10.5 Å². The SMILES string of the molecule is C=CCCCOc1c(Br)cc(CC(C)N)cc1Br. The van der Waals surface area contributed by atoms with Crippen molar-refractivity contribution in [2.75, 3.05) is 6.61 Å². The van der Waals surface area contributed by atoms with Crippen molar-refractivity contribution in [3.05, 3.63) is 39.3 Å². The largest absolute Gasteiger partial charge is 0.491 e. The zero-order valence-electron chi connectivity index (χ0n) is 10.6. The molecule has 0 heterocycles. The monoisotopic (exact) mass is 375 g/mol. The molecule has 1 atom stereocenters. The van der Waals surface area contributed by atoms with Crippen molar-refractivity contribution in [2.45, 2.75) is 32.2 Å². The molecule has 0 saturated carbocycles. The van der Waals surface area contributed by atoms with Crippen LogP contribution in [-0.2, 0) is 6.42 Å². The molecule has 2 nitrogen and oxygen atoms in total. The molecule has 0 aliphatic carbocycles. The molecule has 0 spiro atoms. The Morgan fingerprint density at radius 1 is 1.39 bits per heavy atom. The van der Waals surface area contributed by atoms with Crippen LogP contribution in [0, 0.1) is 0 Å². The van der Waals surface area contributed by atoms with Crippen LogP contribution in [0.15, 0.2) is 33.7 Å². The van der Waals surface area contributed by atoms with Gasteiger partial charge in [-0.25, -0.2) is 0 Å². The lowest BCUT2D eigenvalue weighted by molar-refractivity contribution is 0.308. The minimum Gasteiger partial charge on any atom is -0.491 e. The van der Waals surface area contributed by atoms with Crippen molar-refractivity contribution in [1.29, 1.82) is 0 Å². The molecule has 18 heavy (non-hydrogen) atoms. The second kappa shape index (κ2) is 7.97. The number of ether oxygens (including phenoxy) is 1. The van der Waals surface area contributed by atoms with E-state index in [-0.39, 0.29) is 6.04 Å². The summed E-state index contributed by atoms with van der Waals surface area (Å²) in [5.41, 5.74) is 7.00. The summed E-state index contributed by atoms with van der Waals surface area (Å²) in [4.78, 5) is 0. The van der Waals surface area contributed by atoms with Crippen molar-refractivity contribution in [3.8, 4) is 5.75 Å². The van der Waals surface area contributed by atoms with Gasteiger partial charge in [-0.05, 0) is 75.7 Å². The van der Waals surface area contributed by atoms with Crippen molar-refractivity contribution in [2.24, 2.45) is 5.73 Å². The van der Waals surface area contributed by atoms with E-state index in [0.717, 1.165) is 34.0 Å². The van der Waals surface area contributed by atoms with Gasteiger partial charge in [0.15, 0.2) is 0 Å². The Balaban J connectivity index is 2.71. The Labute approximate surface area is 126 Å². The second-order valence-electron chi connectivity index (χ2n) is 4.35. The highest BCUT2D eigenvalue weighted by molar-refractivity contribution is 9.11. The fraction of sp³-hybridized carbons (Fsp3) is 0.429. The number of hydrogen-bond donors (Lipinski definition) is 1. The van der Waals surface area contributed by atoms with Gasteiger partial charge in [0.05, 0.1) is 15.6 Å². The van der Waals surface area contributed by atoms with E-state index in [1.165, 1.54) is 5.56 Å². The third-order valence-corrected chi connectivity index (χ3v) is 3.59. The molecule has 1 aromatic rings. The second-order valence-corrected chi connectivity index (χ2v) is 6.06. The van der Waals surface area contributed by atoms with E-state index < -0.39 is 0 Å². The first-order chi connectivity index (χ1) is 8.54. The normalized spacial score (nSPS) is 12.2. The Kier molecular flexibility index (Phi) is 6.97. The van der Waals surface area contributed by atoms with Crippen LogP contribution in [0.5, 0.6) is 5.75 Å². The number of hydrogen-bond acceptors (Lipinski definition) is 2. The molecule has 0 fully saturated rings. The summed E-state index contributed by atoms with van der Waals surface area (Å²) < 4.78 is 7.68. The maximum atomic E-state index is 5.80. The summed E-state index contributed by atoms with van der Waals surface area (Å²) in [6, 6.07) is 4.29. The quantitative estimate of drug-likeness (QED) is 0.563. The van der Waals surface area contributed by atoms with Gasteiger partial charge < -0.3 is 10.5 Å². The molecule has 4 heteroatoms. The lowest BCUT2D eigenvalue weighted by Crippen LogP contribution is -2.17. The van der Waals surface area contributed by atoms with Gasteiger partial charge in [-0.15, -0.1) is 6.58 Å². The third-order valence-electron chi connectivity index (χ3n) is 2.41. The van der Waals surface area contributed by atoms with Crippen molar-refractivity contribution in [1.82, 2.24) is 0 Å². The molecule has 0 aromatic heterocycles. The summed E-state index contributed by atoms with van der Waals surface area (Å²) in [5, 5.41) is 0. The summed E-state index contributed by atoms with van der Waals surface area (Å²) in [7, 11) is 0. The van der Waals surface area contributed by atoms with Crippen LogP contribution in [-0.4, -0.2) is 12.6 Å². The number of unbranched alkanes of at least 4 members (excludes halogenated alkanes) is 1. The minimum atomic E-state index is 0.156. The molecule has 0 bridgehead atoms. The molecular weight excluding hydrogens is 358 g/mol. The number of allylic oxidation sites excluding steroid dienone is 1. The Morgan fingerprint density at radius 2 is 2.00 bits per heavy atom. The van der Waals surface area contributed by atoms with Crippen LogP contribution in [0.1, 0.15) is 25.3 Å². The van der Waals surface area contributed by atoms with Gasteiger partial charge in [0.2, 0.25) is 0 Å². The van der Waals surface area contributed by atoms with E-state index in [1.54, 1.807) is 0 Å². The van der Waals surface area contributed by atoms with Crippen molar-refractivity contribution < 1.29 is 4.74 Å². The van der Waals surface area contributed by atoms with Crippen LogP contribution >= 0.6 is 31.9 Å². The first-order valence-electron chi connectivity index (χ1n) is 6.01. The van der Waals surface area contributed by atoms with Gasteiger partial charge in [-0.1, -0.05) is 6.08 Å². The molecule has 1 rings (SSSR count). The molecule has 0 radical (unpaired) electrons. The van der Waals surface area contributed by atoms with E-state index >= 15 is 0 Å². The fourth-order valence-electron chi connectivity index (χ4n) is 1.64. The van der Waals surface area contributed by atoms with Gasteiger partial charge in [-0.3, -0.25) is 0 Å². The van der Waals surface area contributed by atoms with Crippen molar-refractivity contribution >= 4 is 31.9 Å². The summed E-state index contributed by atoms with van der Waals surface area (Å²) >= 11 is 7.08. The highest BCUT2D eigenvalue weighted by Crippen LogP contribution is 2.35. The van der Waals surface area contributed by atoms with E-state index in [2.05, 4.69) is 50.6 Å². The Morgan fingerprint density at radius 3 is 2.50 bits per heavy atom. The van der Waals surface area contributed by atoms with Gasteiger partial charge >= 0.3 is 0 Å². The molecule has 1 aromatic carbocycles. The molecule has 0 aliphatic heterocycles. The van der Waals surface area contributed by atoms with E-state index in [9.17, 15) is 0 Å². The highest BCUT2D eigenvalue weighted by Gasteiger charge is 2.09. The van der Waals surface area contributed by atoms with Crippen LogP contribution in [0.4, 0.5) is 0 Å². The maximum Gasteiger partial charge on any atom is 0.147 e. The minimum absolute atomic E-state index is 0.156. The Hall–Kier alpha value is -0.320. The standard InChI is InChI=1S/C14H19Br2NO/c1-3-4-5-6-18-14-12(15)8-11(7-10(2)17)9-13(14)16/h3,8-10H,1,4-7,17H2,2H3. The predicted molar refractivity (Wildman–Crippen MR) is 84.1 cm³/mol. The third kappa shape index (κ3) is 5.12. The van der Waals surface area contributed by atoms with E-state index in [0.29, 0.717) is 6.61 Å². The lowest BCUT2D eigenvalue weighted by Gasteiger charge is -2.13. The van der Waals surface area contributed by atoms with Gasteiger partial charge in [0.1, 0.15) is 5.75 Å². The van der Waals surface area contributed by atoms with Gasteiger partial charge in [0.25, 0.3) is 0 Å². The average Bonchev–Trinajstić information content (AvgIpc) is 2.26. The number of nitrogens with two attached hydrogens (primary N) is 1. The van der Waals surface area contributed by atoms with Crippen LogP contribution in [0.25, 0.3) is 0 Å². The van der Waals surface area contributed by atoms with Crippen LogP contribution in [0.2, 0.25) is 0 Å². The van der Waals surface area contributed by atoms with Crippen LogP contribution in [0.3, 0.4) is 0 Å². The first-order valence-corrected chi connectivity index (χ1v) is 7.60. The predicted octanol–water partition coefficient (Wildman–Crippen LogP) is 4.45. The summed E-state index contributed by atoms with van der Waals surface area (Å²) in [5.74, 6) is 0.854. The number of rotatable bonds is 7. The zero-order valence-corrected chi connectivity index (χ0v) is 13.8. The average molecular weight is 377 g/mol. The molecule has 0 saturated heterocycles. The fourth-order valence-corrected chi connectivity index (χ4v) is 3.15. The summed E-state index contributed by atoms with van der Waals surface area (Å²) in [6.45, 7) is 6.39. The first kappa shape index (κ1) is 15.7. The highest BCUT2D eigenvalue weighted by atomic mass is 79.9.